The predicted molar refractivity (Wildman–Crippen MR) is 65.6 cm³/mol. The fraction of sp³-hybridized carbons (Fsp3) is 0.462. The topological polar surface area (TPSA) is 68.3 Å². The van der Waals surface area contributed by atoms with Gasteiger partial charge in [-0.05, 0) is 19.9 Å². The number of nitrogens with two attached hydrogens (primary N) is 1. The highest BCUT2D eigenvalue weighted by molar-refractivity contribution is 5.35. The van der Waals surface area contributed by atoms with E-state index in [9.17, 15) is 0 Å². The molecule has 4 nitrogen and oxygen atoms in total. The summed E-state index contributed by atoms with van der Waals surface area (Å²) in [6, 6.07) is 9.59. The van der Waals surface area contributed by atoms with Crippen molar-refractivity contribution < 1.29 is 9.47 Å². The summed E-state index contributed by atoms with van der Waals surface area (Å²) in [5.74, 6) is 0.774. The molecule has 0 radical (unpaired) electrons. The molecule has 1 aromatic rings. The maximum absolute atomic E-state index is 8.54. The molecule has 92 valence electrons. The number of benzene rings is 1. The van der Waals surface area contributed by atoms with Crippen molar-refractivity contribution in [1.29, 1.82) is 5.26 Å². The van der Waals surface area contributed by atoms with Gasteiger partial charge in [-0.3, -0.25) is 0 Å². The minimum Gasteiger partial charge on any atom is -0.491 e. The summed E-state index contributed by atoms with van der Waals surface area (Å²) >= 11 is 0. The molecule has 0 aliphatic heterocycles. The van der Waals surface area contributed by atoms with Crippen molar-refractivity contribution in [2.75, 3.05) is 13.2 Å². The highest BCUT2D eigenvalue weighted by Gasteiger charge is 2.07. The van der Waals surface area contributed by atoms with Crippen LogP contribution in [0.25, 0.3) is 0 Å². The zero-order chi connectivity index (χ0) is 12.7. The molecule has 0 aliphatic carbocycles. The van der Waals surface area contributed by atoms with Crippen LogP contribution < -0.4 is 10.5 Å². The average Bonchev–Trinajstić information content (AvgIpc) is 2.34. The molecule has 17 heavy (non-hydrogen) atoms. The monoisotopic (exact) mass is 234 g/mol. The van der Waals surface area contributed by atoms with Gasteiger partial charge >= 0.3 is 0 Å². The van der Waals surface area contributed by atoms with Crippen molar-refractivity contribution in [1.82, 2.24) is 0 Å². The lowest BCUT2D eigenvalue weighted by Gasteiger charge is -2.14. The molecule has 0 aromatic heterocycles. The van der Waals surface area contributed by atoms with Crippen LogP contribution in [-0.2, 0) is 4.74 Å². The van der Waals surface area contributed by atoms with Crippen LogP contribution in [0.2, 0.25) is 0 Å². The van der Waals surface area contributed by atoms with Gasteiger partial charge in [0.15, 0.2) is 0 Å². The molecule has 0 saturated heterocycles. The summed E-state index contributed by atoms with van der Waals surface area (Å²) in [4.78, 5) is 0. The molecule has 0 bridgehead atoms. The van der Waals surface area contributed by atoms with Crippen LogP contribution in [-0.4, -0.2) is 19.3 Å². The summed E-state index contributed by atoms with van der Waals surface area (Å²) < 4.78 is 10.8. The fourth-order valence-corrected chi connectivity index (χ4v) is 1.40. The van der Waals surface area contributed by atoms with E-state index in [2.05, 4.69) is 0 Å². The molecule has 0 fully saturated rings. The number of hydrogen-bond donors (Lipinski definition) is 1. The van der Waals surface area contributed by atoms with Gasteiger partial charge in [-0.2, -0.15) is 5.26 Å². The molecule has 1 unspecified atom stereocenters. The quantitative estimate of drug-likeness (QED) is 0.764. The average molecular weight is 234 g/mol. The first-order valence-electron chi connectivity index (χ1n) is 5.63. The summed E-state index contributed by atoms with van der Waals surface area (Å²) in [7, 11) is 0. The van der Waals surface area contributed by atoms with Crippen molar-refractivity contribution in [2.24, 2.45) is 5.73 Å². The van der Waals surface area contributed by atoms with Crippen molar-refractivity contribution in [3.63, 3.8) is 0 Å². The van der Waals surface area contributed by atoms with Crippen molar-refractivity contribution in [3.8, 4) is 11.8 Å². The van der Waals surface area contributed by atoms with Gasteiger partial charge in [-0.1, -0.05) is 18.2 Å². The zero-order valence-corrected chi connectivity index (χ0v) is 10.2. The van der Waals surface area contributed by atoms with Gasteiger partial charge in [0.25, 0.3) is 0 Å². The van der Waals surface area contributed by atoms with E-state index in [0.29, 0.717) is 13.2 Å². The first-order chi connectivity index (χ1) is 8.15. The predicted octanol–water partition coefficient (Wildman–Crippen LogP) is 2.01. The Balaban J connectivity index is 2.44. The van der Waals surface area contributed by atoms with Crippen LogP contribution in [0.1, 0.15) is 25.5 Å². The Bertz CT molecular complexity index is 385. The minimum atomic E-state index is -0.401. The molecular weight excluding hydrogens is 216 g/mol. The molecule has 2 atom stereocenters. The Labute approximate surface area is 102 Å². The highest BCUT2D eigenvalue weighted by atomic mass is 16.5. The van der Waals surface area contributed by atoms with Crippen LogP contribution in [0.3, 0.4) is 0 Å². The van der Waals surface area contributed by atoms with Gasteiger partial charge in [0.2, 0.25) is 0 Å². The Morgan fingerprint density at radius 1 is 1.29 bits per heavy atom. The van der Waals surface area contributed by atoms with Crippen LogP contribution in [0.4, 0.5) is 0 Å². The molecule has 2 N–H and O–H groups in total. The first-order valence-corrected chi connectivity index (χ1v) is 5.63. The van der Waals surface area contributed by atoms with Gasteiger partial charge in [-0.25, -0.2) is 0 Å². The summed E-state index contributed by atoms with van der Waals surface area (Å²) in [5, 5.41) is 8.54. The third kappa shape index (κ3) is 4.43. The zero-order valence-electron chi connectivity index (χ0n) is 10.2. The second kappa shape index (κ2) is 6.89. The second-order valence-electron chi connectivity index (χ2n) is 3.82. The van der Waals surface area contributed by atoms with E-state index in [4.69, 9.17) is 20.5 Å². The van der Waals surface area contributed by atoms with Crippen LogP contribution in [0.15, 0.2) is 24.3 Å². The molecule has 0 saturated carbocycles. The Hall–Kier alpha value is -1.57. The van der Waals surface area contributed by atoms with Gasteiger partial charge in [0, 0.05) is 11.6 Å². The van der Waals surface area contributed by atoms with Gasteiger partial charge < -0.3 is 15.2 Å². The molecule has 4 heteroatoms. The molecule has 1 rings (SSSR count). The lowest BCUT2D eigenvalue weighted by atomic mass is 10.1. The van der Waals surface area contributed by atoms with E-state index in [-0.39, 0.29) is 6.04 Å². The van der Waals surface area contributed by atoms with E-state index < -0.39 is 6.10 Å². The van der Waals surface area contributed by atoms with Gasteiger partial charge in [0.1, 0.15) is 18.5 Å². The van der Waals surface area contributed by atoms with Crippen molar-refractivity contribution in [3.05, 3.63) is 29.8 Å². The SMILES string of the molecule is CC(C#N)OCCOc1ccccc1[C@H](C)N. The lowest BCUT2D eigenvalue weighted by Crippen LogP contribution is -2.14. The van der Waals surface area contributed by atoms with Crippen LogP contribution >= 0.6 is 0 Å². The number of nitrogens with zero attached hydrogens (tertiary/aromatic N) is 1. The van der Waals surface area contributed by atoms with Gasteiger partial charge in [-0.15, -0.1) is 0 Å². The fourth-order valence-electron chi connectivity index (χ4n) is 1.40. The third-order valence-electron chi connectivity index (χ3n) is 2.30. The van der Waals surface area contributed by atoms with Crippen LogP contribution in [0.5, 0.6) is 5.75 Å². The highest BCUT2D eigenvalue weighted by Crippen LogP contribution is 2.22. The maximum Gasteiger partial charge on any atom is 0.141 e. The summed E-state index contributed by atoms with van der Waals surface area (Å²) in [5.41, 5.74) is 6.81. The lowest BCUT2D eigenvalue weighted by molar-refractivity contribution is 0.0741. The van der Waals surface area contributed by atoms with Gasteiger partial charge in [0.05, 0.1) is 12.7 Å². The molecule has 0 heterocycles. The van der Waals surface area contributed by atoms with E-state index in [1.54, 1.807) is 6.92 Å². The summed E-state index contributed by atoms with van der Waals surface area (Å²) in [6.07, 6.45) is -0.401. The van der Waals surface area contributed by atoms with E-state index in [0.717, 1.165) is 11.3 Å². The summed E-state index contributed by atoms with van der Waals surface area (Å²) in [6.45, 7) is 4.42. The third-order valence-corrected chi connectivity index (χ3v) is 2.30. The second-order valence-corrected chi connectivity index (χ2v) is 3.82. The minimum absolute atomic E-state index is 0.0647. The van der Waals surface area contributed by atoms with E-state index >= 15 is 0 Å². The van der Waals surface area contributed by atoms with Crippen molar-refractivity contribution >= 4 is 0 Å². The molecular formula is C13H18N2O2. The van der Waals surface area contributed by atoms with Crippen LogP contribution in [0, 0.1) is 11.3 Å². The molecule has 0 aliphatic rings. The normalized spacial score (nSPS) is 13.8. The maximum atomic E-state index is 8.54. The largest absolute Gasteiger partial charge is 0.491 e. The molecule has 0 spiro atoms. The Morgan fingerprint density at radius 2 is 2.00 bits per heavy atom. The standard InChI is InChI=1S/C13H18N2O2/c1-10(9-14)16-7-8-17-13-6-4-3-5-12(13)11(2)15/h3-6,10-11H,7-8,15H2,1-2H3/t10?,11-/m0/s1. The number of rotatable bonds is 6. The Kier molecular flexibility index (Phi) is 5.47. The molecule has 0 amide bonds. The smallest absolute Gasteiger partial charge is 0.141 e. The first kappa shape index (κ1) is 13.5. The Morgan fingerprint density at radius 3 is 2.65 bits per heavy atom. The number of ether oxygens (including phenoxy) is 2. The van der Waals surface area contributed by atoms with Crippen molar-refractivity contribution in [2.45, 2.75) is 26.0 Å². The van der Waals surface area contributed by atoms with E-state index in [1.165, 1.54) is 0 Å². The van der Waals surface area contributed by atoms with E-state index in [1.807, 2.05) is 37.3 Å². The number of para-hydroxylation sites is 1. The number of nitriles is 1. The number of hydrogen-bond acceptors (Lipinski definition) is 4. The molecule has 1 aromatic carbocycles.